The average molecular weight is 369 g/mol. The Morgan fingerprint density at radius 3 is 2.81 bits per heavy atom. The van der Waals surface area contributed by atoms with Crippen LogP contribution in [0.5, 0.6) is 0 Å². The number of carbonyl (C=O) groups excluding carboxylic acids is 1. The van der Waals surface area contributed by atoms with Gasteiger partial charge in [-0.2, -0.15) is 0 Å². The number of nitrogens with one attached hydrogen (secondary N) is 1. The Morgan fingerprint density at radius 2 is 2.04 bits per heavy atom. The highest BCUT2D eigenvalue weighted by atomic mass is 32.1. The number of thiophene rings is 1. The Labute approximate surface area is 157 Å². The van der Waals surface area contributed by atoms with Crippen LogP contribution >= 0.6 is 11.3 Å². The molecule has 1 fully saturated rings. The van der Waals surface area contributed by atoms with Crippen molar-refractivity contribution in [3.8, 4) is 5.69 Å². The van der Waals surface area contributed by atoms with Crippen molar-refractivity contribution in [1.29, 1.82) is 0 Å². The highest BCUT2D eigenvalue weighted by Crippen LogP contribution is 2.33. The molecule has 4 rings (SSSR count). The molecule has 5 nitrogen and oxygen atoms in total. The molecule has 1 saturated heterocycles. The molecule has 3 aromatic rings. The van der Waals surface area contributed by atoms with Crippen LogP contribution in [0.2, 0.25) is 0 Å². The zero-order valence-electron chi connectivity index (χ0n) is 15.0. The number of hydrogen-bond acceptors (Lipinski definition) is 4. The van der Waals surface area contributed by atoms with Crippen LogP contribution < -0.4 is 5.32 Å². The SMILES string of the molecule is CC(CCNC(=O)c1sc2ncccc2c1-n1cccc1)N1CCCC1. The molecule has 1 N–H and O–H groups in total. The number of likely N-dealkylation sites (tertiary alicyclic amines) is 1. The number of aromatic nitrogens is 2. The topological polar surface area (TPSA) is 50.2 Å². The summed E-state index contributed by atoms with van der Waals surface area (Å²) in [4.78, 5) is 21.4. The summed E-state index contributed by atoms with van der Waals surface area (Å²) in [5.74, 6) is -0.00896. The van der Waals surface area contributed by atoms with E-state index in [-0.39, 0.29) is 5.91 Å². The minimum Gasteiger partial charge on any atom is -0.351 e. The molecule has 0 aliphatic carbocycles. The lowest BCUT2D eigenvalue weighted by Gasteiger charge is -2.23. The first kappa shape index (κ1) is 17.2. The van der Waals surface area contributed by atoms with Crippen molar-refractivity contribution >= 4 is 27.5 Å². The van der Waals surface area contributed by atoms with E-state index in [1.54, 1.807) is 6.20 Å². The maximum absolute atomic E-state index is 12.9. The summed E-state index contributed by atoms with van der Waals surface area (Å²) in [7, 11) is 0. The molecule has 0 saturated carbocycles. The molecule has 1 atom stereocenters. The van der Waals surface area contributed by atoms with E-state index >= 15 is 0 Å². The van der Waals surface area contributed by atoms with Crippen molar-refractivity contribution in [1.82, 2.24) is 19.8 Å². The van der Waals surface area contributed by atoms with E-state index < -0.39 is 0 Å². The van der Waals surface area contributed by atoms with Crippen molar-refractivity contribution in [3.63, 3.8) is 0 Å². The van der Waals surface area contributed by atoms with Gasteiger partial charge in [-0.25, -0.2) is 4.98 Å². The van der Waals surface area contributed by atoms with Crippen LogP contribution in [0.3, 0.4) is 0 Å². The van der Waals surface area contributed by atoms with Gasteiger partial charge in [-0.3, -0.25) is 4.79 Å². The third-order valence-electron chi connectivity index (χ3n) is 5.12. The van der Waals surface area contributed by atoms with Gasteiger partial charge in [0, 0.05) is 36.6 Å². The molecule has 26 heavy (non-hydrogen) atoms. The Bertz CT molecular complexity index is 880. The first-order valence-electron chi connectivity index (χ1n) is 9.27. The molecule has 136 valence electrons. The molecular formula is C20H24N4OS. The fraction of sp³-hybridized carbons (Fsp3) is 0.400. The van der Waals surface area contributed by atoms with Crippen molar-refractivity contribution in [3.05, 3.63) is 47.7 Å². The summed E-state index contributed by atoms with van der Waals surface area (Å²) in [6.45, 7) is 5.33. The van der Waals surface area contributed by atoms with Crippen LogP contribution in [0.25, 0.3) is 15.9 Å². The molecular weight excluding hydrogens is 344 g/mol. The van der Waals surface area contributed by atoms with Crippen molar-refractivity contribution < 1.29 is 4.79 Å². The third kappa shape index (κ3) is 3.39. The van der Waals surface area contributed by atoms with Crippen LogP contribution in [0.4, 0.5) is 0 Å². The highest BCUT2D eigenvalue weighted by molar-refractivity contribution is 7.21. The second-order valence-corrected chi connectivity index (χ2v) is 7.86. The summed E-state index contributed by atoms with van der Waals surface area (Å²) in [6, 6.07) is 8.41. The van der Waals surface area contributed by atoms with E-state index in [0.717, 1.165) is 27.2 Å². The summed E-state index contributed by atoms with van der Waals surface area (Å²) in [5.41, 5.74) is 0.924. The van der Waals surface area contributed by atoms with Crippen molar-refractivity contribution in [2.24, 2.45) is 0 Å². The fourth-order valence-corrected chi connectivity index (χ4v) is 4.71. The highest BCUT2D eigenvalue weighted by Gasteiger charge is 2.21. The number of carbonyl (C=O) groups is 1. The summed E-state index contributed by atoms with van der Waals surface area (Å²) in [6.07, 6.45) is 9.30. The lowest BCUT2D eigenvalue weighted by Crippen LogP contribution is -2.34. The van der Waals surface area contributed by atoms with Gasteiger partial charge in [0.05, 0.1) is 5.69 Å². The van der Waals surface area contributed by atoms with Gasteiger partial charge < -0.3 is 14.8 Å². The Hall–Kier alpha value is -2.18. The van der Waals surface area contributed by atoms with Gasteiger partial charge in [0.1, 0.15) is 9.71 Å². The molecule has 1 amide bonds. The molecule has 0 aromatic carbocycles. The number of pyridine rings is 1. The van der Waals surface area contributed by atoms with E-state index in [2.05, 4.69) is 22.1 Å². The maximum Gasteiger partial charge on any atom is 0.263 e. The second-order valence-electron chi connectivity index (χ2n) is 6.86. The molecule has 0 bridgehead atoms. The van der Waals surface area contributed by atoms with Crippen LogP contribution in [0, 0.1) is 0 Å². The number of nitrogens with zero attached hydrogens (tertiary/aromatic N) is 3. The smallest absolute Gasteiger partial charge is 0.263 e. The Morgan fingerprint density at radius 1 is 1.27 bits per heavy atom. The first-order chi connectivity index (χ1) is 12.7. The van der Waals surface area contributed by atoms with Crippen molar-refractivity contribution in [2.45, 2.75) is 32.2 Å². The predicted octanol–water partition coefficient (Wildman–Crippen LogP) is 3.69. The minimum atomic E-state index is -0.00896. The number of rotatable bonds is 6. The van der Waals surface area contributed by atoms with Crippen LogP contribution in [-0.4, -0.2) is 46.0 Å². The van der Waals surface area contributed by atoms with Crippen LogP contribution in [0.15, 0.2) is 42.9 Å². The first-order valence-corrected chi connectivity index (χ1v) is 10.1. The molecule has 6 heteroatoms. The second kappa shape index (κ2) is 7.60. The third-order valence-corrected chi connectivity index (χ3v) is 6.22. The molecule has 1 aliphatic rings. The Balaban J connectivity index is 1.50. The molecule has 1 unspecified atom stereocenters. The molecule has 3 aromatic heterocycles. The lowest BCUT2D eigenvalue weighted by molar-refractivity contribution is 0.0953. The molecule has 0 radical (unpaired) electrons. The maximum atomic E-state index is 12.9. The van der Waals surface area contributed by atoms with Crippen LogP contribution in [0.1, 0.15) is 35.9 Å². The van der Waals surface area contributed by atoms with Gasteiger partial charge >= 0.3 is 0 Å². The van der Waals surface area contributed by atoms with E-state index in [1.807, 2.05) is 41.2 Å². The van der Waals surface area contributed by atoms with Gasteiger partial charge in [0.2, 0.25) is 0 Å². The quantitative estimate of drug-likeness (QED) is 0.722. The van der Waals surface area contributed by atoms with E-state index in [9.17, 15) is 4.79 Å². The molecule has 1 aliphatic heterocycles. The van der Waals surface area contributed by atoms with E-state index in [0.29, 0.717) is 12.6 Å². The van der Waals surface area contributed by atoms with Crippen LogP contribution in [-0.2, 0) is 0 Å². The minimum absolute atomic E-state index is 0.00896. The van der Waals surface area contributed by atoms with Crippen molar-refractivity contribution in [2.75, 3.05) is 19.6 Å². The standard InChI is InChI=1S/C20H24N4OS/c1-15(23-11-2-3-12-23)8-10-21-19(25)18-17(24-13-4-5-14-24)16-7-6-9-22-20(16)26-18/h4-7,9,13-15H,2-3,8,10-12H2,1H3,(H,21,25). The van der Waals surface area contributed by atoms with Gasteiger partial charge in [-0.1, -0.05) is 0 Å². The molecule has 4 heterocycles. The van der Waals surface area contributed by atoms with Gasteiger partial charge in [-0.15, -0.1) is 11.3 Å². The zero-order valence-corrected chi connectivity index (χ0v) is 15.8. The lowest BCUT2D eigenvalue weighted by atomic mass is 10.2. The number of fused-ring (bicyclic) bond motifs is 1. The largest absolute Gasteiger partial charge is 0.351 e. The monoisotopic (exact) mass is 368 g/mol. The summed E-state index contributed by atoms with van der Waals surface area (Å²) < 4.78 is 2.00. The summed E-state index contributed by atoms with van der Waals surface area (Å²) >= 11 is 1.46. The average Bonchev–Trinajstić information content (AvgIpc) is 3.40. The number of hydrogen-bond donors (Lipinski definition) is 1. The number of amides is 1. The van der Waals surface area contributed by atoms with Gasteiger partial charge in [0.25, 0.3) is 5.91 Å². The van der Waals surface area contributed by atoms with E-state index in [4.69, 9.17) is 0 Å². The Kier molecular flexibility index (Phi) is 5.04. The summed E-state index contributed by atoms with van der Waals surface area (Å²) in [5, 5.41) is 4.14. The van der Waals surface area contributed by atoms with Gasteiger partial charge in [0.15, 0.2) is 0 Å². The normalized spacial score (nSPS) is 16.2. The van der Waals surface area contributed by atoms with E-state index in [1.165, 1.54) is 37.3 Å². The fourth-order valence-electron chi connectivity index (χ4n) is 3.65. The zero-order chi connectivity index (χ0) is 17.9. The van der Waals surface area contributed by atoms with Gasteiger partial charge in [-0.05, 0) is 63.5 Å². The molecule has 0 spiro atoms. The predicted molar refractivity (Wildman–Crippen MR) is 106 cm³/mol.